The van der Waals surface area contributed by atoms with Crippen molar-refractivity contribution in [2.75, 3.05) is 36.5 Å². The number of ether oxygens (including phenoxy) is 1. The number of pyridine rings is 1. The molecule has 3 aromatic heterocycles. The minimum absolute atomic E-state index is 0. The summed E-state index contributed by atoms with van der Waals surface area (Å²) in [6.45, 7) is 7.38. The third-order valence-electron chi connectivity index (χ3n) is 7.51. The number of nitrogens with one attached hydrogen (secondary N) is 1. The largest absolute Gasteiger partial charge is 0.493 e. The number of fused-ring (bicyclic) bond motifs is 2. The van der Waals surface area contributed by atoms with Crippen LogP contribution in [0.1, 0.15) is 44.7 Å². The summed E-state index contributed by atoms with van der Waals surface area (Å²) in [5.74, 6) is 0.174. The lowest BCUT2D eigenvalue weighted by atomic mass is 9.90. The van der Waals surface area contributed by atoms with Crippen LogP contribution in [0.2, 0.25) is 0 Å². The van der Waals surface area contributed by atoms with Gasteiger partial charge in [0.05, 0.1) is 30.3 Å². The molecule has 0 fully saturated rings. The second-order valence-corrected chi connectivity index (χ2v) is 11.5. The first-order valence-electron chi connectivity index (χ1n) is 13.8. The van der Waals surface area contributed by atoms with Crippen molar-refractivity contribution in [1.29, 1.82) is 0 Å². The van der Waals surface area contributed by atoms with Crippen molar-refractivity contribution >= 4 is 70.3 Å². The van der Waals surface area contributed by atoms with Crippen LogP contribution in [0.5, 0.6) is 5.75 Å². The van der Waals surface area contributed by atoms with Gasteiger partial charge in [-0.05, 0) is 64.4 Å². The SMILES string of the molecule is CCN1C(=O)C(C)(C)C(=O)N(C)c2cc(OCCCNC(CCn3ccc4ccoc4c3=O)c3nccs3)ccc21.Cl.Cl. The number of hydrogen-bond acceptors (Lipinski definition) is 8. The van der Waals surface area contributed by atoms with Gasteiger partial charge < -0.3 is 28.8 Å². The zero-order valence-electron chi connectivity index (χ0n) is 24.6. The lowest BCUT2D eigenvalue weighted by molar-refractivity contribution is -0.137. The number of anilines is 2. The maximum atomic E-state index is 13.1. The number of carbonyl (C=O) groups is 2. The summed E-state index contributed by atoms with van der Waals surface area (Å²) in [6, 6.07) is 9.17. The second kappa shape index (κ2) is 14.4. The number of furan rings is 1. The third kappa shape index (κ3) is 6.90. The zero-order chi connectivity index (χ0) is 29.1. The summed E-state index contributed by atoms with van der Waals surface area (Å²) in [6.07, 6.45) is 6.54. The molecule has 0 saturated carbocycles. The lowest BCUT2D eigenvalue weighted by Gasteiger charge is -2.27. The highest BCUT2D eigenvalue weighted by Crippen LogP contribution is 2.40. The molecule has 4 aromatic rings. The summed E-state index contributed by atoms with van der Waals surface area (Å²) in [4.78, 5) is 46.6. The van der Waals surface area contributed by atoms with E-state index in [2.05, 4.69) is 10.3 Å². The molecule has 0 aliphatic carbocycles. The number of thiazole rings is 1. The number of aryl methyl sites for hydroxylation is 1. The van der Waals surface area contributed by atoms with Crippen molar-refractivity contribution in [3.05, 3.63) is 69.7 Å². The van der Waals surface area contributed by atoms with Gasteiger partial charge in [-0.15, -0.1) is 36.2 Å². The molecule has 232 valence electrons. The van der Waals surface area contributed by atoms with Crippen molar-refractivity contribution in [2.45, 2.75) is 46.2 Å². The molecule has 0 spiro atoms. The molecule has 0 saturated heterocycles. The fourth-order valence-corrected chi connectivity index (χ4v) is 5.91. The molecule has 5 rings (SSSR count). The van der Waals surface area contributed by atoms with Gasteiger partial charge in [0.25, 0.3) is 5.56 Å². The molecule has 1 aliphatic rings. The standard InChI is InChI=1S/C30H35N5O5S.2ClH/c1-5-35-23-8-7-21(19-24(23)33(4)28(37)30(2,3)29(35)38)39-16-6-12-31-22(26-32-13-18-41-26)10-15-34-14-9-20-11-17-40-25(20)27(34)36;;/h7-9,11,13-14,17-19,22,31H,5-6,10,12,15-16H2,1-4H3;2*1H. The molecule has 4 heterocycles. The van der Waals surface area contributed by atoms with Crippen LogP contribution in [0.4, 0.5) is 11.4 Å². The fraction of sp³-hybridized carbons (Fsp3) is 0.400. The van der Waals surface area contributed by atoms with Gasteiger partial charge >= 0.3 is 0 Å². The van der Waals surface area contributed by atoms with Gasteiger partial charge in [0, 0.05) is 49.4 Å². The van der Waals surface area contributed by atoms with E-state index in [-0.39, 0.29) is 48.2 Å². The van der Waals surface area contributed by atoms with E-state index in [1.54, 1.807) is 65.1 Å². The molecule has 1 N–H and O–H groups in total. The zero-order valence-corrected chi connectivity index (χ0v) is 27.0. The Balaban J connectivity index is 0.00000253. The number of carbonyl (C=O) groups excluding carboxylic acids is 2. The molecule has 0 bridgehead atoms. The van der Waals surface area contributed by atoms with Gasteiger partial charge in [0.15, 0.2) is 5.58 Å². The summed E-state index contributed by atoms with van der Waals surface area (Å²) in [5, 5.41) is 7.27. The molecule has 1 aromatic carbocycles. The average molecular weight is 651 g/mol. The van der Waals surface area contributed by atoms with E-state index < -0.39 is 5.41 Å². The topological polar surface area (TPSA) is 110 Å². The first kappa shape index (κ1) is 34.1. The summed E-state index contributed by atoms with van der Waals surface area (Å²) in [7, 11) is 1.70. The minimum atomic E-state index is -1.15. The Morgan fingerprint density at radius 2 is 1.88 bits per heavy atom. The van der Waals surface area contributed by atoms with E-state index >= 15 is 0 Å². The smallest absolute Gasteiger partial charge is 0.294 e. The average Bonchev–Trinajstić information content (AvgIpc) is 3.67. The number of rotatable bonds is 11. The number of hydrogen-bond donors (Lipinski definition) is 1. The number of benzene rings is 1. The predicted molar refractivity (Wildman–Crippen MR) is 174 cm³/mol. The number of nitrogens with zero attached hydrogens (tertiary/aromatic N) is 4. The van der Waals surface area contributed by atoms with Gasteiger partial charge in [-0.2, -0.15) is 0 Å². The van der Waals surface area contributed by atoms with Crippen LogP contribution >= 0.6 is 36.2 Å². The Bertz CT molecular complexity index is 1600. The van der Waals surface area contributed by atoms with Crippen molar-refractivity contribution < 1.29 is 18.7 Å². The van der Waals surface area contributed by atoms with E-state index in [1.807, 2.05) is 36.6 Å². The molecular formula is C30H37Cl2N5O5S. The van der Waals surface area contributed by atoms with E-state index in [4.69, 9.17) is 9.15 Å². The summed E-state index contributed by atoms with van der Waals surface area (Å²) < 4.78 is 13.1. The molecular weight excluding hydrogens is 613 g/mol. The van der Waals surface area contributed by atoms with E-state index in [9.17, 15) is 14.4 Å². The summed E-state index contributed by atoms with van der Waals surface area (Å²) in [5.41, 5.74) is 0.433. The molecule has 43 heavy (non-hydrogen) atoms. The molecule has 2 amide bonds. The van der Waals surface area contributed by atoms with E-state index in [0.29, 0.717) is 55.4 Å². The molecule has 1 atom stereocenters. The summed E-state index contributed by atoms with van der Waals surface area (Å²) >= 11 is 1.58. The van der Waals surface area contributed by atoms with Crippen LogP contribution < -0.4 is 25.4 Å². The van der Waals surface area contributed by atoms with E-state index in [0.717, 1.165) is 16.8 Å². The lowest BCUT2D eigenvalue weighted by Crippen LogP contribution is -2.47. The van der Waals surface area contributed by atoms with Gasteiger partial charge in [-0.3, -0.25) is 14.4 Å². The predicted octanol–water partition coefficient (Wildman–Crippen LogP) is 5.44. The molecule has 10 nitrogen and oxygen atoms in total. The van der Waals surface area contributed by atoms with Crippen molar-refractivity contribution in [3.8, 4) is 5.75 Å². The highest BCUT2D eigenvalue weighted by molar-refractivity contribution is 7.09. The van der Waals surface area contributed by atoms with Gasteiger partial charge in [0.1, 0.15) is 16.2 Å². The van der Waals surface area contributed by atoms with Crippen LogP contribution in [0.15, 0.2) is 63.6 Å². The molecule has 13 heteroatoms. The number of halogens is 2. The molecule has 1 unspecified atom stereocenters. The highest BCUT2D eigenvalue weighted by atomic mass is 35.5. The Morgan fingerprint density at radius 1 is 1.09 bits per heavy atom. The van der Waals surface area contributed by atoms with Crippen molar-refractivity contribution in [3.63, 3.8) is 0 Å². The van der Waals surface area contributed by atoms with Crippen LogP contribution in [0, 0.1) is 5.41 Å². The van der Waals surface area contributed by atoms with Crippen molar-refractivity contribution in [1.82, 2.24) is 14.9 Å². The van der Waals surface area contributed by atoms with Crippen LogP contribution in [-0.2, 0) is 16.1 Å². The maximum absolute atomic E-state index is 13.1. The Kier molecular flexibility index (Phi) is 11.4. The minimum Gasteiger partial charge on any atom is -0.493 e. The molecule has 1 aliphatic heterocycles. The van der Waals surface area contributed by atoms with Crippen LogP contribution in [0.25, 0.3) is 11.0 Å². The van der Waals surface area contributed by atoms with Gasteiger partial charge in [-0.1, -0.05) is 0 Å². The maximum Gasteiger partial charge on any atom is 0.294 e. The van der Waals surface area contributed by atoms with E-state index in [1.165, 1.54) is 6.26 Å². The Labute approximate surface area is 266 Å². The normalized spacial score (nSPS) is 15.0. The third-order valence-corrected chi connectivity index (χ3v) is 8.40. The van der Waals surface area contributed by atoms with Gasteiger partial charge in [-0.25, -0.2) is 4.98 Å². The second-order valence-electron chi connectivity index (χ2n) is 10.6. The molecule has 0 radical (unpaired) electrons. The highest BCUT2D eigenvalue weighted by Gasteiger charge is 2.45. The monoisotopic (exact) mass is 649 g/mol. The Morgan fingerprint density at radius 3 is 2.60 bits per heavy atom. The number of amides is 2. The first-order valence-corrected chi connectivity index (χ1v) is 14.7. The van der Waals surface area contributed by atoms with Gasteiger partial charge in [0.2, 0.25) is 11.8 Å². The fourth-order valence-electron chi connectivity index (χ4n) is 5.17. The van der Waals surface area contributed by atoms with Crippen molar-refractivity contribution in [2.24, 2.45) is 5.41 Å². The van der Waals surface area contributed by atoms with Crippen LogP contribution in [0.3, 0.4) is 0 Å². The van der Waals surface area contributed by atoms with Crippen LogP contribution in [-0.4, -0.2) is 48.1 Å². The number of aromatic nitrogens is 2. The Hall–Kier alpha value is -3.38. The quantitative estimate of drug-likeness (QED) is 0.170. The first-order chi connectivity index (χ1) is 19.7.